The van der Waals surface area contributed by atoms with Gasteiger partial charge in [-0.05, 0) is 0 Å². The maximum Gasteiger partial charge on any atom is 0.149 e. The van der Waals surface area contributed by atoms with Crippen LogP contribution in [0.4, 0.5) is 0 Å². The van der Waals surface area contributed by atoms with Gasteiger partial charge < -0.3 is 15.5 Å². The zero-order chi connectivity index (χ0) is 9.97. The standard InChI is InChI=1S/C8H9ClN4O/c9-7-6-5(14-2-1-10)3-11-8(6)13-4-12-7/h3-4H,1-2,10H2,(H,11,12,13). The smallest absolute Gasteiger partial charge is 0.149 e. The highest BCUT2D eigenvalue weighted by atomic mass is 35.5. The van der Waals surface area contributed by atoms with Crippen LogP contribution in [0.3, 0.4) is 0 Å². The molecule has 74 valence electrons. The molecule has 0 aromatic carbocycles. The Hall–Kier alpha value is -1.33. The van der Waals surface area contributed by atoms with E-state index in [2.05, 4.69) is 15.0 Å². The van der Waals surface area contributed by atoms with Crippen molar-refractivity contribution in [3.63, 3.8) is 0 Å². The zero-order valence-corrected chi connectivity index (χ0v) is 8.08. The van der Waals surface area contributed by atoms with Crippen LogP contribution in [0.5, 0.6) is 5.75 Å². The Labute approximate surface area is 85.2 Å². The zero-order valence-electron chi connectivity index (χ0n) is 7.33. The molecule has 14 heavy (non-hydrogen) atoms. The summed E-state index contributed by atoms with van der Waals surface area (Å²) in [5.41, 5.74) is 5.99. The van der Waals surface area contributed by atoms with Gasteiger partial charge in [-0.1, -0.05) is 11.6 Å². The van der Waals surface area contributed by atoms with Crippen molar-refractivity contribution in [2.24, 2.45) is 5.73 Å². The molecular formula is C8H9ClN4O. The summed E-state index contributed by atoms with van der Waals surface area (Å²) >= 11 is 5.90. The van der Waals surface area contributed by atoms with E-state index in [-0.39, 0.29) is 0 Å². The first-order valence-corrected chi connectivity index (χ1v) is 4.51. The topological polar surface area (TPSA) is 76.8 Å². The lowest BCUT2D eigenvalue weighted by Gasteiger charge is -2.01. The Morgan fingerprint density at radius 1 is 1.50 bits per heavy atom. The highest BCUT2D eigenvalue weighted by Crippen LogP contribution is 2.28. The number of nitrogens with one attached hydrogen (secondary N) is 1. The summed E-state index contributed by atoms with van der Waals surface area (Å²) in [6.45, 7) is 0.899. The van der Waals surface area contributed by atoms with Crippen LogP contribution in [0, 0.1) is 0 Å². The number of nitrogens with zero attached hydrogens (tertiary/aromatic N) is 2. The Kier molecular flexibility index (Phi) is 2.51. The first-order chi connectivity index (χ1) is 6.83. The molecule has 2 heterocycles. The van der Waals surface area contributed by atoms with Gasteiger partial charge in [-0.15, -0.1) is 0 Å². The van der Waals surface area contributed by atoms with Crippen LogP contribution in [0.15, 0.2) is 12.5 Å². The molecule has 2 aromatic rings. The van der Waals surface area contributed by atoms with Crippen LogP contribution in [0.2, 0.25) is 5.15 Å². The fourth-order valence-electron chi connectivity index (χ4n) is 1.18. The van der Waals surface area contributed by atoms with E-state index in [1.807, 2.05) is 0 Å². The van der Waals surface area contributed by atoms with Crippen LogP contribution in [-0.2, 0) is 0 Å². The van der Waals surface area contributed by atoms with Crippen molar-refractivity contribution in [1.29, 1.82) is 0 Å². The maximum atomic E-state index is 5.90. The summed E-state index contributed by atoms with van der Waals surface area (Å²) in [7, 11) is 0. The van der Waals surface area contributed by atoms with Crippen molar-refractivity contribution in [3.8, 4) is 5.75 Å². The van der Waals surface area contributed by atoms with Gasteiger partial charge in [0, 0.05) is 12.7 Å². The van der Waals surface area contributed by atoms with Gasteiger partial charge >= 0.3 is 0 Å². The molecule has 0 saturated heterocycles. The monoisotopic (exact) mass is 212 g/mol. The SMILES string of the molecule is NCCOc1c[nH]c2ncnc(Cl)c12. The molecule has 2 aromatic heterocycles. The molecule has 0 spiro atoms. The maximum absolute atomic E-state index is 5.90. The molecule has 0 fully saturated rings. The number of ether oxygens (including phenoxy) is 1. The van der Waals surface area contributed by atoms with Crippen molar-refractivity contribution >= 4 is 22.6 Å². The summed E-state index contributed by atoms with van der Waals surface area (Å²) in [4.78, 5) is 10.8. The molecule has 0 radical (unpaired) electrons. The molecule has 2 rings (SSSR count). The predicted molar refractivity (Wildman–Crippen MR) is 53.4 cm³/mol. The number of aromatic nitrogens is 3. The third-order valence-corrected chi connectivity index (χ3v) is 2.05. The molecule has 0 unspecified atom stereocenters. The van der Waals surface area contributed by atoms with Gasteiger partial charge in [-0.25, -0.2) is 9.97 Å². The molecule has 3 N–H and O–H groups in total. The number of rotatable bonds is 3. The summed E-state index contributed by atoms with van der Waals surface area (Å²) in [6.07, 6.45) is 3.09. The minimum absolute atomic E-state index is 0.378. The third kappa shape index (κ3) is 1.51. The van der Waals surface area contributed by atoms with Gasteiger partial charge in [0.05, 0.1) is 5.39 Å². The number of H-pyrrole nitrogens is 1. The van der Waals surface area contributed by atoms with Gasteiger partial charge in [-0.3, -0.25) is 0 Å². The number of fused-ring (bicyclic) bond motifs is 1. The lowest BCUT2D eigenvalue weighted by Crippen LogP contribution is -2.10. The minimum Gasteiger partial charge on any atom is -0.490 e. The van der Waals surface area contributed by atoms with Gasteiger partial charge in [0.15, 0.2) is 0 Å². The lowest BCUT2D eigenvalue weighted by molar-refractivity contribution is 0.332. The largest absolute Gasteiger partial charge is 0.490 e. The molecule has 0 aliphatic heterocycles. The molecule has 0 atom stereocenters. The van der Waals surface area contributed by atoms with Crippen molar-refractivity contribution < 1.29 is 4.74 Å². The number of halogens is 1. The third-order valence-electron chi connectivity index (χ3n) is 1.76. The summed E-state index contributed by atoms with van der Waals surface area (Å²) in [6, 6.07) is 0. The van der Waals surface area contributed by atoms with Crippen LogP contribution in [0.1, 0.15) is 0 Å². The van der Waals surface area contributed by atoms with Crippen molar-refractivity contribution in [2.45, 2.75) is 0 Å². The van der Waals surface area contributed by atoms with E-state index in [4.69, 9.17) is 22.1 Å². The van der Waals surface area contributed by atoms with Crippen molar-refractivity contribution in [2.75, 3.05) is 13.2 Å². The van der Waals surface area contributed by atoms with E-state index in [1.165, 1.54) is 6.33 Å². The first kappa shape index (κ1) is 9.23. The second-order valence-electron chi connectivity index (χ2n) is 2.68. The van der Waals surface area contributed by atoms with Gasteiger partial charge in [-0.2, -0.15) is 0 Å². The Balaban J connectivity index is 2.45. The van der Waals surface area contributed by atoms with Crippen LogP contribution >= 0.6 is 11.6 Å². The molecule has 0 amide bonds. The quantitative estimate of drug-likeness (QED) is 0.743. The van der Waals surface area contributed by atoms with E-state index in [0.717, 1.165) is 0 Å². The Morgan fingerprint density at radius 3 is 3.14 bits per heavy atom. The summed E-state index contributed by atoms with van der Waals surface area (Å²) in [5.74, 6) is 0.635. The second-order valence-corrected chi connectivity index (χ2v) is 3.04. The molecule has 6 heteroatoms. The highest BCUT2D eigenvalue weighted by molar-refractivity contribution is 6.34. The van der Waals surface area contributed by atoms with Gasteiger partial charge in [0.25, 0.3) is 0 Å². The van der Waals surface area contributed by atoms with E-state index in [9.17, 15) is 0 Å². The second kappa shape index (κ2) is 3.81. The van der Waals surface area contributed by atoms with Crippen LogP contribution < -0.4 is 10.5 Å². The average molecular weight is 213 g/mol. The van der Waals surface area contributed by atoms with Gasteiger partial charge in [0.1, 0.15) is 29.5 Å². The van der Waals surface area contributed by atoms with E-state index >= 15 is 0 Å². The summed E-state index contributed by atoms with van der Waals surface area (Å²) < 4.78 is 5.37. The first-order valence-electron chi connectivity index (χ1n) is 4.13. The van der Waals surface area contributed by atoms with Crippen molar-refractivity contribution in [1.82, 2.24) is 15.0 Å². The van der Waals surface area contributed by atoms with E-state index in [0.29, 0.717) is 35.1 Å². The number of hydrogen-bond donors (Lipinski definition) is 2. The number of aromatic amines is 1. The minimum atomic E-state index is 0.378. The molecule has 5 nitrogen and oxygen atoms in total. The van der Waals surface area contributed by atoms with Crippen molar-refractivity contribution in [3.05, 3.63) is 17.7 Å². The Bertz CT molecular complexity index is 442. The highest BCUT2D eigenvalue weighted by Gasteiger charge is 2.09. The molecule has 0 aliphatic carbocycles. The van der Waals surface area contributed by atoms with E-state index < -0.39 is 0 Å². The summed E-state index contributed by atoms with van der Waals surface area (Å²) in [5, 5.41) is 1.07. The number of hydrogen-bond acceptors (Lipinski definition) is 4. The average Bonchev–Trinajstić information content (AvgIpc) is 2.59. The molecular weight excluding hydrogens is 204 g/mol. The predicted octanol–water partition coefficient (Wildman–Crippen LogP) is 0.949. The van der Waals surface area contributed by atoms with Gasteiger partial charge in [0.2, 0.25) is 0 Å². The fraction of sp³-hybridized carbons (Fsp3) is 0.250. The fourth-order valence-corrected chi connectivity index (χ4v) is 1.41. The lowest BCUT2D eigenvalue weighted by atomic mass is 10.4. The molecule has 0 saturated carbocycles. The normalized spacial score (nSPS) is 10.7. The molecule has 0 bridgehead atoms. The molecule has 0 aliphatic rings. The number of nitrogens with two attached hydrogens (primary N) is 1. The van der Waals surface area contributed by atoms with Crippen LogP contribution in [-0.4, -0.2) is 28.1 Å². The Morgan fingerprint density at radius 2 is 2.36 bits per heavy atom. The van der Waals surface area contributed by atoms with Crippen LogP contribution in [0.25, 0.3) is 11.0 Å². The van der Waals surface area contributed by atoms with E-state index in [1.54, 1.807) is 6.20 Å².